The van der Waals surface area contributed by atoms with Crippen LogP contribution in [0.4, 0.5) is 0 Å². The van der Waals surface area contributed by atoms with Gasteiger partial charge in [0, 0.05) is 23.1 Å². The van der Waals surface area contributed by atoms with Crippen molar-refractivity contribution in [3.8, 4) is 0 Å². The van der Waals surface area contributed by atoms with Gasteiger partial charge in [0.2, 0.25) is 0 Å². The van der Waals surface area contributed by atoms with E-state index in [1.807, 2.05) is 46.7 Å². The Morgan fingerprint density at radius 2 is 1.82 bits per heavy atom. The summed E-state index contributed by atoms with van der Waals surface area (Å²) in [7, 11) is 0. The molecule has 1 unspecified atom stereocenters. The van der Waals surface area contributed by atoms with Crippen LogP contribution in [-0.2, 0) is 13.0 Å². The Bertz CT molecular complexity index is 873. The zero-order valence-electron chi connectivity index (χ0n) is 12.1. The molecule has 0 spiro atoms. The summed E-state index contributed by atoms with van der Waals surface area (Å²) in [4.78, 5) is 18.6. The van der Waals surface area contributed by atoms with Crippen LogP contribution < -0.4 is 5.56 Å². The van der Waals surface area contributed by atoms with Crippen LogP contribution in [-0.4, -0.2) is 14.8 Å². The Hall–Kier alpha value is -2.07. The van der Waals surface area contributed by atoms with Crippen LogP contribution in [0.3, 0.4) is 0 Å². The summed E-state index contributed by atoms with van der Waals surface area (Å²) in [6.07, 6.45) is 1.93. The molecule has 0 saturated carbocycles. The zero-order chi connectivity index (χ0) is 14.9. The summed E-state index contributed by atoms with van der Waals surface area (Å²) in [6.45, 7) is 0.742. The highest BCUT2D eigenvalue weighted by Gasteiger charge is 2.22. The molecule has 4 heteroatoms. The van der Waals surface area contributed by atoms with Crippen molar-refractivity contribution in [2.75, 3.05) is 0 Å². The van der Waals surface area contributed by atoms with Crippen LogP contribution in [0.25, 0.3) is 10.9 Å². The van der Waals surface area contributed by atoms with Crippen molar-refractivity contribution in [3.63, 3.8) is 0 Å². The Kier molecular flexibility index (Phi) is 3.47. The fourth-order valence-corrected chi connectivity index (χ4v) is 4.12. The van der Waals surface area contributed by atoms with Crippen LogP contribution in [0.2, 0.25) is 0 Å². The van der Waals surface area contributed by atoms with Crippen LogP contribution >= 0.6 is 11.8 Å². The van der Waals surface area contributed by atoms with Gasteiger partial charge in [0.15, 0.2) is 0 Å². The van der Waals surface area contributed by atoms with Crippen molar-refractivity contribution in [2.45, 2.75) is 29.5 Å². The maximum Gasteiger partial charge on any atom is 0.261 e. The second-order valence-electron chi connectivity index (χ2n) is 5.55. The lowest BCUT2D eigenvalue weighted by atomic mass is 10.1. The number of hydrogen-bond acceptors (Lipinski definition) is 3. The van der Waals surface area contributed by atoms with Gasteiger partial charge in [0.05, 0.1) is 10.9 Å². The van der Waals surface area contributed by atoms with Gasteiger partial charge in [-0.05, 0) is 30.7 Å². The van der Waals surface area contributed by atoms with E-state index < -0.39 is 0 Å². The SMILES string of the molecule is O=c1c2ccccc2nc2n1CC(Sc1ccccc1)CC2. The van der Waals surface area contributed by atoms with Gasteiger partial charge in [-0.3, -0.25) is 9.36 Å². The summed E-state index contributed by atoms with van der Waals surface area (Å²) in [5.41, 5.74) is 0.909. The Labute approximate surface area is 133 Å². The lowest BCUT2D eigenvalue weighted by molar-refractivity contribution is 0.513. The number of fused-ring (bicyclic) bond motifs is 2. The van der Waals surface area contributed by atoms with E-state index in [0.717, 1.165) is 36.1 Å². The van der Waals surface area contributed by atoms with Crippen molar-refractivity contribution in [2.24, 2.45) is 0 Å². The highest BCUT2D eigenvalue weighted by molar-refractivity contribution is 8.00. The predicted molar refractivity (Wildman–Crippen MR) is 90.4 cm³/mol. The monoisotopic (exact) mass is 308 g/mol. The molecule has 3 aromatic rings. The maximum atomic E-state index is 12.7. The van der Waals surface area contributed by atoms with Gasteiger partial charge in [0.1, 0.15) is 5.82 Å². The average molecular weight is 308 g/mol. The third-order valence-electron chi connectivity index (χ3n) is 4.06. The molecule has 2 heterocycles. The highest BCUT2D eigenvalue weighted by atomic mass is 32.2. The molecule has 3 nitrogen and oxygen atoms in total. The van der Waals surface area contributed by atoms with Gasteiger partial charge in [-0.1, -0.05) is 30.3 Å². The average Bonchev–Trinajstić information content (AvgIpc) is 2.57. The molecule has 110 valence electrons. The molecule has 1 aliphatic heterocycles. The number of thioether (sulfide) groups is 1. The third kappa shape index (κ3) is 2.44. The third-order valence-corrected chi connectivity index (χ3v) is 5.33. The van der Waals surface area contributed by atoms with Crippen LogP contribution in [0.1, 0.15) is 12.2 Å². The molecule has 0 N–H and O–H groups in total. The van der Waals surface area contributed by atoms with Gasteiger partial charge in [-0.25, -0.2) is 4.98 Å². The molecule has 2 aromatic carbocycles. The standard InChI is InChI=1S/C18H16N2OS/c21-18-15-8-4-5-9-16(15)19-17-11-10-14(12-20(17)18)22-13-6-2-1-3-7-13/h1-9,14H,10-12H2. The summed E-state index contributed by atoms with van der Waals surface area (Å²) in [5.74, 6) is 0.925. The van der Waals surface area contributed by atoms with E-state index in [-0.39, 0.29) is 5.56 Å². The quantitative estimate of drug-likeness (QED) is 0.727. The minimum atomic E-state index is 0.0963. The van der Waals surface area contributed by atoms with Gasteiger partial charge in [-0.2, -0.15) is 0 Å². The second-order valence-corrected chi connectivity index (χ2v) is 6.93. The number of hydrogen-bond donors (Lipinski definition) is 0. The van der Waals surface area contributed by atoms with E-state index >= 15 is 0 Å². The number of rotatable bonds is 2. The number of para-hydroxylation sites is 1. The first-order valence-electron chi connectivity index (χ1n) is 7.51. The van der Waals surface area contributed by atoms with E-state index in [4.69, 9.17) is 0 Å². The van der Waals surface area contributed by atoms with Gasteiger partial charge in [0.25, 0.3) is 5.56 Å². The molecule has 1 aliphatic rings. The lowest BCUT2D eigenvalue weighted by Crippen LogP contribution is -2.33. The first-order chi connectivity index (χ1) is 10.8. The van der Waals surface area contributed by atoms with Gasteiger partial charge < -0.3 is 0 Å². The molecule has 22 heavy (non-hydrogen) atoms. The molecular formula is C18H16N2OS. The van der Waals surface area contributed by atoms with Gasteiger partial charge in [-0.15, -0.1) is 11.8 Å². The minimum Gasteiger partial charge on any atom is -0.295 e. The molecule has 0 saturated heterocycles. The van der Waals surface area contributed by atoms with Crippen molar-refractivity contribution >= 4 is 22.7 Å². The van der Waals surface area contributed by atoms with Crippen LogP contribution in [0.5, 0.6) is 0 Å². The van der Waals surface area contributed by atoms with Crippen molar-refractivity contribution in [1.29, 1.82) is 0 Å². The summed E-state index contributed by atoms with van der Waals surface area (Å²) in [5, 5.41) is 1.15. The topological polar surface area (TPSA) is 34.9 Å². The molecule has 1 aromatic heterocycles. The second kappa shape index (κ2) is 5.61. The molecule has 0 fully saturated rings. The van der Waals surface area contributed by atoms with Crippen LogP contribution in [0, 0.1) is 0 Å². The van der Waals surface area contributed by atoms with Crippen LogP contribution in [0.15, 0.2) is 64.3 Å². The Morgan fingerprint density at radius 3 is 2.68 bits per heavy atom. The van der Waals surface area contributed by atoms with E-state index in [0.29, 0.717) is 5.25 Å². The Morgan fingerprint density at radius 1 is 1.05 bits per heavy atom. The Balaban J connectivity index is 1.68. The number of nitrogens with zero attached hydrogens (tertiary/aromatic N) is 2. The van der Waals surface area contributed by atoms with E-state index in [1.165, 1.54) is 4.90 Å². The maximum absolute atomic E-state index is 12.7. The number of benzene rings is 2. The molecule has 1 atom stereocenters. The van der Waals surface area contributed by atoms with Crippen molar-refractivity contribution in [3.05, 3.63) is 70.8 Å². The molecular weight excluding hydrogens is 292 g/mol. The summed E-state index contributed by atoms with van der Waals surface area (Å²) in [6, 6.07) is 18.0. The number of aromatic nitrogens is 2. The molecule has 0 aliphatic carbocycles. The highest BCUT2D eigenvalue weighted by Crippen LogP contribution is 2.29. The number of aryl methyl sites for hydroxylation is 1. The van der Waals surface area contributed by atoms with Crippen molar-refractivity contribution < 1.29 is 0 Å². The van der Waals surface area contributed by atoms with E-state index in [9.17, 15) is 4.79 Å². The molecule has 0 bridgehead atoms. The van der Waals surface area contributed by atoms with Gasteiger partial charge >= 0.3 is 0 Å². The fraction of sp³-hybridized carbons (Fsp3) is 0.222. The minimum absolute atomic E-state index is 0.0963. The normalized spacial score (nSPS) is 17.4. The predicted octanol–water partition coefficient (Wildman–Crippen LogP) is 3.50. The zero-order valence-corrected chi connectivity index (χ0v) is 12.9. The summed E-state index contributed by atoms with van der Waals surface area (Å²) < 4.78 is 1.87. The smallest absolute Gasteiger partial charge is 0.261 e. The molecule has 4 rings (SSSR count). The first-order valence-corrected chi connectivity index (χ1v) is 8.39. The van der Waals surface area contributed by atoms with E-state index in [1.54, 1.807) is 0 Å². The largest absolute Gasteiger partial charge is 0.295 e. The lowest BCUT2D eigenvalue weighted by Gasteiger charge is -2.25. The van der Waals surface area contributed by atoms with E-state index in [2.05, 4.69) is 29.2 Å². The summed E-state index contributed by atoms with van der Waals surface area (Å²) >= 11 is 1.85. The fourth-order valence-electron chi connectivity index (χ4n) is 2.97. The first kappa shape index (κ1) is 13.6. The molecule has 0 radical (unpaired) electrons. The van der Waals surface area contributed by atoms with Crippen molar-refractivity contribution in [1.82, 2.24) is 9.55 Å². The molecule has 0 amide bonds.